The van der Waals surface area contributed by atoms with Crippen LogP contribution in [-0.4, -0.2) is 18.4 Å². The predicted molar refractivity (Wildman–Crippen MR) is 86.8 cm³/mol. The standard InChI is InChI=1S/C14H15N3O2S2/c1-9-5-6-10(2)11(8-9)17-21(18,19)12-4-3-7-16-13(12)14(15)20/h3-8,17H,1-2H3,(H2,15,20). The normalized spacial score (nSPS) is 11.1. The maximum Gasteiger partial charge on any atom is 0.264 e. The van der Waals surface area contributed by atoms with Gasteiger partial charge in [-0.15, -0.1) is 0 Å². The lowest BCUT2D eigenvalue weighted by molar-refractivity contribution is 0.600. The molecule has 0 aliphatic heterocycles. The van der Waals surface area contributed by atoms with Crippen LogP contribution in [-0.2, 0) is 10.0 Å². The molecule has 0 aliphatic carbocycles. The second-order valence-electron chi connectivity index (χ2n) is 4.64. The Morgan fingerprint density at radius 3 is 2.67 bits per heavy atom. The number of rotatable bonds is 4. The first kappa shape index (κ1) is 15.4. The largest absolute Gasteiger partial charge is 0.388 e. The molecule has 3 N–H and O–H groups in total. The number of nitrogens with one attached hydrogen (secondary N) is 1. The summed E-state index contributed by atoms with van der Waals surface area (Å²) >= 11 is 4.85. The smallest absolute Gasteiger partial charge is 0.264 e. The molecule has 7 heteroatoms. The number of hydrogen-bond donors (Lipinski definition) is 2. The molecule has 2 aromatic rings. The Balaban J connectivity index is 2.49. The first-order valence-electron chi connectivity index (χ1n) is 6.16. The number of nitrogens with zero attached hydrogens (tertiary/aromatic N) is 1. The fourth-order valence-electron chi connectivity index (χ4n) is 1.84. The topological polar surface area (TPSA) is 85.1 Å². The van der Waals surface area contributed by atoms with Crippen LogP contribution in [0.4, 0.5) is 5.69 Å². The van der Waals surface area contributed by atoms with E-state index in [0.717, 1.165) is 11.1 Å². The highest BCUT2D eigenvalue weighted by molar-refractivity contribution is 7.93. The van der Waals surface area contributed by atoms with E-state index in [1.807, 2.05) is 26.0 Å². The van der Waals surface area contributed by atoms with Gasteiger partial charge >= 0.3 is 0 Å². The maximum absolute atomic E-state index is 12.5. The van der Waals surface area contributed by atoms with E-state index >= 15 is 0 Å². The van der Waals surface area contributed by atoms with Crippen LogP contribution in [0.25, 0.3) is 0 Å². The van der Waals surface area contributed by atoms with E-state index in [9.17, 15) is 8.42 Å². The van der Waals surface area contributed by atoms with Crippen LogP contribution in [0.1, 0.15) is 16.8 Å². The minimum absolute atomic E-state index is 0.0293. The van der Waals surface area contributed by atoms with E-state index < -0.39 is 10.0 Å². The fraction of sp³-hybridized carbons (Fsp3) is 0.143. The molecular formula is C14H15N3O2S2. The Labute approximate surface area is 129 Å². The zero-order valence-electron chi connectivity index (χ0n) is 11.6. The van der Waals surface area contributed by atoms with Crippen LogP contribution >= 0.6 is 12.2 Å². The van der Waals surface area contributed by atoms with Gasteiger partial charge < -0.3 is 5.73 Å². The second-order valence-corrected chi connectivity index (χ2v) is 6.73. The third-order valence-corrected chi connectivity index (χ3v) is 4.52. The Bertz CT molecular complexity index is 802. The molecule has 5 nitrogen and oxygen atoms in total. The molecule has 1 heterocycles. The predicted octanol–water partition coefficient (Wildman–Crippen LogP) is 2.13. The number of benzene rings is 1. The van der Waals surface area contributed by atoms with Crippen LogP contribution in [0.15, 0.2) is 41.4 Å². The quantitative estimate of drug-likeness (QED) is 0.843. The van der Waals surface area contributed by atoms with Crippen LogP contribution < -0.4 is 10.5 Å². The molecule has 0 aliphatic rings. The summed E-state index contributed by atoms with van der Waals surface area (Å²) in [6.07, 6.45) is 1.45. The van der Waals surface area contributed by atoms with Crippen molar-refractivity contribution in [1.82, 2.24) is 4.98 Å². The number of thiocarbonyl (C=S) groups is 1. The molecule has 0 bridgehead atoms. The van der Waals surface area contributed by atoms with E-state index in [1.165, 1.54) is 18.3 Å². The van der Waals surface area contributed by atoms with Gasteiger partial charge in [0, 0.05) is 6.20 Å². The van der Waals surface area contributed by atoms with E-state index in [4.69, 9.17) is 18.0 Å². The summed E-state index contributed by atoms with van der Waals surface area (Å²) in [5, 5.41) is 0. The van der Waals surface area contributed by atoms with Crippen molar-refractivity contribution in [2.24, 2.45) is 5.73 Å². The minimum Gasteiger partial charge on any atom is -0.388 e. The Morgan fingerprint density at radius 2 is 2.00 bits per heavy atom. The molecule has 110 valence electrons. The molecule has 0 atom stereocenters. The number of aryl methyl sites for hydroxylation is 2. The van der Waals surface area contributed by atoms with Gasteiger partial charge in [0.2, 0.25) is 0 Å². The van der Waals surface area contributed by atoms with Gasteiger partial charge in [0.1, 0.15) is 15.6 Å². The van der Waals surface area contributed by atoms with Gasteiger partial charge in [-0.2, -0.15) is 0 Å². The van der Waals surface area contributed by atoms with Crippen molar-refractivity contribution < 1.29 is 8.42 Å². The van der Waals surface area contributed by atoms with Crippen molar-refractivity contribution >= 4 is 32.9 Å². The molecule has 21 heavy (non-hydrogen) atoms. The molecule has 0 unspecified atom stereocenters. The molecule has 2 rings (SSSR count). The monoisotopic (exact) mass is 321 g/mol. The number of nitrogens with two attached hydrogens (primary N) is 1. The van der Waals surface area contributed by atoms with Crippen molar-refractivity contribution in [3.63, 3.8) is 0 Å². The van der Waals surface area contributed by atoms with Crippen molar-refractivity contribution in [3.8, 4) is 0 Å². The first-order chi connectivity index (χ1) is 9.81. The third-order valence-electron chi connectivity index (χ3n) is 2.93. The molecular weight excluding hydrogens is 306 g/mol. The lowest BCUT2D eigenvalue weighted by Gasteiger charge is -2.13. The van der Waals surface area contributed by atoms with Gasteiger partial charge in [0.25, 0.3) is 10.0 Å². The molecule has 0 saturated carbocycles. The van der Waals surface area contributed by atoms with Gasteiger partial charge in [-0.3, -0.25) is 9.71 Å². The number of anilines is 1. The molecule has 1 aromatic carbocycles. The van der Waals surface area contributed by atoms with E-state index in [1.54, 1.807) is 6.07 Å². The van der Waals surface area contributed by atoms with Crippen LogP contribution in [0, 0.1) is 13.8 Å². The second kappa shape index (κ2) is 5.79. The molecule has 0 spiro atoms. The molecule has 0 amide bonds. The van der Waals surface area contributed by atoms with Crippen LogP contribution in [0.2, 0.25) is 0 Å². The third kappa shape index (κ3) is 3.37. The van der Waals surface area contributed by atoms with Gasteiger partial charge in [-0.05, 0) is 43.2 Å². The summed E-state index contributed by atoms with van der Waals surface area (Å²) in [7, 11) is -3.81. The van der Waals surface area contributed by atoms with Gasteiger partial charge in [0.05, 0.1) is 5.69 Å². The van der Waals surface area contributed by atoms with E-state index in [-0.39, 0.29) is 15.6 Å². The maximum atomic E-state index is 12.5. The highest BCUT2D eigenvalue weighted by Crippen LogP contribution is 2.22. The lowest BCUT2D eigenvalue weighted by Crippen LogP contribution is -2.21. The lowest BCUT2D eigenvalue weighted by atomic mass is 10.1. The Morgan fingerprint density at radius 1 is 1.29 bits per heavy atom. The Kier molecular flexibility index (Phi) is 4.24. The molecule has 0 radical (unpaired) electrons. The average Bonchev–Trinajstić information content (AvgIpc) is 2.42. The van der Waals surface area contributed by atoms with E-state index in [2.05, 4.69) is 9.71 Å². The SMILES string of the molecule is Cc1ccc(C)c(NS(=O)(=O)c2cccnc2C(N)=S)c1. The summed E-state index contributed by atoms with van der Waals surface area (Å²) in [5.74, 6) is 0. The molecule has 0 saturated heterocycles. The molecule has 1 aromatic heterocycles. The number of aromatic nitrogens is 1. The van der Waals surface area contributed by atoms with Crippen molar-refractivity contribution in [3.05, 3.63) is 53.3 Å². The first-order valence-corrected chi connectivity index (χ1v) is 8.05. The number of hydrogen-bond acceptors (Lipinski definition) is 4. The van der Waals surface area contributed by atoms with Crippen LogP contribution in [0.3, 0.4) is 0 Å². The van der Waals surface area contributed by atoms with Gasteiger partial charge in [-0.1, -0.05) is 24.4 Å². The van der Waals surface area contributed by atoms with Crippen molar-refractivity contribution in [1.29, 1.82) is 0 Å². The van der Waals surface area contributed by atoms with Crippen molar-refractivity contribution in [2.45, 2.75) is 18.7 Å². The summed E-state index contributed by atoms with van der Waals surface area (Å²) in [5.41, 5.74) is 7.93. The van der Waals surface area contributed by atoms with E-state index in [0.29, 0.717) is 5.69 Å². The zero-order valence-corrected chi connectivity index (χ0v) is 13.3. The number of sulfonamides is 1. The molecule has 0 fully saturated rings. The van der Waals surface area contributed by atoms with Gasteiger partial charge in [0.15, 0.2) is 0 Å². The number of pyridine rings is 1. The highest BCUT2D eigenvalue weighted by atomic mass is 32.2. The average molecular weight is 321 g/mol. The Hall–Kier alpha value is -1.99. The summed E-state index contributed by atoms with van der Waals surface area (Å²) in [6.45, 7) is 3.72. The van der Waals surface area contributed by atoms with Crippen molar-refractivity contribution in [2.75, 3.05) is 4.72 Å². The van der Waals surface area contributed by atoms with Gasteiger partial charge in [-0.25, -0.2) is 8.42 Å². The summed E-state index contributed by atoms with van der Waals surface area (Å²) < 4.78 is 27.6. The van der Waals surface area contributed by atoms with Crippen LogP contribution in [0.5, 0.6) is 0 Å². The fourth-order valence-corrected chi connectivity index (χ4v) is 3.36. The minimum atomic E-state index is -3.81. The highest BCUT2D eigenvalue weighted by Gasteiger charge is 2.21. The zero-order chi connectivity index (χ0) is 15.6. The summed E-state index contributed by atoms with van der Waals surface area (Å²) in [6, 6.07) is 8.49. The summed E-state index contributed by atoms with van der Waals surface area (Å²) in [4.78, 5) is 3.85.